The van der Waals surface area contributed by atoms with Crippen molar-refractivity contribution < 1.29 is 52.9 Å². The van der Waals surface area contributed by atoms with Crippen LogP contribution in [-0.4, -0.2) is 76.9 Å². The lowest BCUT2D eigenvalue weighted by atomic mass is 10.0. The van der Waals surface area contributed by atoms with Crippen LogP contribution in [0.5, 0.6) is 0 Å². The van der Waals surface area contributed by atoms with E-state index >= 15 is 0 Å². The predicted molar refractivity (Wildman–Crippen MR) is 207 cm³/mol. The molecule has 0 aliphatic carbocycles. The molecule has 4 atom stereocenters. The van der Waals surface area contributed by atoms with Crippen molar-refractivity contribution in [1.29, 1.82) is 0 Å². The SMILES string of the molecule is CCCCCCCCCCCCCCCC(=O)OCC(COP(=O)(O)OCC(O)CO)OC(=O)CCCCCCCCCCC(O)CCCCCC. The van der Waals surface area contributed by atoms with Gasteiger partial charge in [-0.15, -0.1) is 0 Å². The number of aliphatic hydroxyl groups is 3. The molecule has 0 bridgehead atoms. The molecule has 0 heterocycles. The lowest BCUT2D eigenvalue weighted by molar-refractivity contribution is -0.161. The zero-order valence-electron chi connectivity index (χ0n) is 33.2. The van der Waals surface area contributed by atoms with Gasteiger partial charge >= 0.3 is 19.8 Å². The van der Waals surface area contributed by atoms with Gasteiger partial charge in [0.15, 0.2) is 6.10 Å². The Morgan fingerprint density at radius 3 is 1.37 bits per heavy atom. The van der Waals surface area contributed by atoms with Crippen molar-refractivity contribution in [1.82, 2.24) is 0 Å². The largest absolute Gasteiger partial charge is 0.472 e. The number of unbranched alkanes of at least 4 members (excludes halogenated alkanes) is 22. The maximum atomic E-state index is 12.6. The molecule has 52 heavy (non-hydrogen) atoms. The lowest BCUT2D eigenvalue weighted by Gasteiger charge is -2.20. The first kappa shape index (κ1) is 50.9. The third-order valence-corrected chi connectivity index (χ3v) is 10.3. The topological polar surface area (TPSA) is 169 Å². The first-order valence-electron chi connectivity index (χ1n) is 21.1. The van der Waals surface area contributed by atoms with E-state index in [-0.39, 0.29) is 25.6 Å². The van der Waals surface area contributed by atoms with Crippen LogP contribution >= 0.6 is 7.82 Å². The molecule has 0 saturated heterocycles. The average Bonchev–Trinajstić information content (AvgIpc) is 3.12. The molecule has 310 valence electrons. The number of hydrogen-bond acceptors (Lipinski definition) is 10. The maximum absolute atomic E-state index is 12.6. The second-order valence-corrected chi connectivity index (χ2v) is 16.0. The normalized spacial score (nSPS) is 14.5. The quantitative estimate of drug-likeness (QED) is 0.0266. The molecule has 0 fully saturated rings. The Balaban J connectivity index is 4.31. The van der Waals surface area contributed by atoms with Crippen molar-refractivity contribution in [2.24, 2.45) is 0 Å². The van der Waals surface area contributed by atoms with Gasteiger partial charge in [0.25, 0.3) is 0 Å². The van der Waals surface area contributed by atoms with Gasteiger partial charge in [-0.25, -0.2) is 4.57 Å². The molecule has 0 spiro atoms. The molecule has 0 saturated carbocycles. The second kappa shape index (κ2) is 36.9. The van der Waals surface area contributed by atoms with Crippen LogP contribution in [0.15, 0.2) is 0 Å². The number of carbonyl (C=O) groups excluding carboxylic acids is 2. The van der Waals surface area contributed by atoms with Crippen molar-refractivity contribution in [3.63, 3.8) is 0 Å². The predicted octanol–water partition coefficient (Wildman–Crippen LogP) is 9.64. The highest BCUT2D eigenvalue weighted by atomic mass is 31.2. The summed E-state index contributed by atoms with van der Waals surface area (Å²) in [5, 5.41) is 28.4. The summed E-state index contributed by atoms with van der Waals surface area (Å²) in [6.07, 6.45) is 28.0. The molecule has 4 unspecified atom stereocenters. The molecule has 0 aliphatic heterocycles. The Morgan fingerprint density at radius 1 is 0.519 bits per heavy atom. The minimum absolute atomic E-state index is 0.162. The molecular weight excluding hydrogens is 687 g/mol. The van der Waals surface area contributed by atoms with Crippen LogP contribution in [0.1, 0.15) is 200 Å². The van der Waals surface area contributed by atoms with E-state index in [1.165, 1.54) is 77.0 Å². The van der Waals surface area contributed by atoms with E-state index in [0.717, 1.165) is 83.5 Å². The van der Waals surface area contributed by atoms with Crippen LogP contribution in [0.4, 0.5) is 0 Å². The maximum Gasteiger partial charge on any atom is 0.472 e. The molecule has 0 aliphatic rings. The highest BCUT2D eigenvalue weighted by Crippen LogP contribution is 2.43. The molecule has 0 aromatic heterocycles. The Kier molecular flexibility index (Phi) is 36.1. The fraction of sp³-hybridized carbons (Fsp3) is 0.950. The highest BCUT2D eigenvalue weighted by Gasteiger charge is 2.27. The van der Waals surface area contributed by atoms with E-state index in [0.29, 0.717) is 12.8 Å². The van der Waals surface area contributed by atoms with Gasteiger partial charge in [0, 0.05) is 12.8 Å². The number of carbonyl (C=O) groups is 2. The first-order valence-corrected chi connectivity index (χ1v) is 22.6. The van der Waals surface area contributed by atoms with Gasteiger partial charge in [-0.2, -0.15) is 0 Å². The minimum Gasteiger partial charge on any atom is -0.462 e. The number of esters is 2. The Morgan fingerprint density at radius 2 is 0.904 bits per heavy atom. The van der Waals surface area contributed by atoms with E-state index in [1.807, 2.05) is 0 Å². The van der Waals surface area contributed by atoms with Gasteiger partial charge < -0.3 is 29.7 Å². The number of phosphoric acid groups is 1. The summed E-state index contributed by atoms with van der Waals surface area (Å²) in [5.74, 6) is -0.948. The van der Waals surface area contributed by atoms with E-state index in [9.17, 15) is 29.3 Å². The summed E-state index contributed by atoms with van der Waals surface area (Å²) in [4.78, 5) is 34.9. The lowest BCUT2D eigenvalue weighted by Crippen LogP contribution is -2.29. The standard InChI is InChI=1S/C40H79O11P/c1-3-5-7-9-10-11-12-13-14-15-19-22-26-30-39(44)48-34-38(35-50-52(46,47)49-33-37(43)32-41)51-40(45)31-27-23-20-17-16-18-21-25-29-36(42)28-24-8-6-4-2/h36-38,41-43H,3-35H2,1-2H3,(H,46,47). The van der Waals surface area contributed by atoms with Crippen LogP contribution in [0, 0.1) is 0 Å². The number of phosphoric ester groups is 1. The zero-order valence-corrected chi connectivity index (χ0v) is 34.1. The van der Waals surface area contributed by atoms with Crippen LogP contribution in [0.25, 0.3) is 0 Å². The molecule has 4 N–H and O–H groups in total. The van der Waals surface area contributed by atoms with Crippen LogP contribution < -0.4 is 0 Å². The van der Waals surface area contributed by atoms with Gasteiger partial charge in [0.05, 0.1) is 25.9 Å². The number of hydrogen-bond donors (Lipinski definition) is 4. The van der Waals surface area contributed by atoms with Gasteiger partial charge in [0.2, 0.25) is 0 Å². The molecular formula is C40H79O11P. The fourth-order valence-corrected chi connectivity index (χ4v) is 6.80. The Labute approximate surface area is 316 Å². The molecule has 0 aromatic carbocycles. The van der Waals surface area contributed by atoms with Gasteiger partial charge in [-0.05, 0) is 25.7 Å². The summed E-state index contributed by atoms with van der Waals surface area (Å²) in [6, 6.07) is 0. The van der Waals surface area contributed by atoms with E-state index in [4.69, 9.17) is 19.1 Å². The number of rotatable bonds is 40. The number of ether oxygens (including phenoxy) is 2. The third kappa shape index (κ3) is 35.9. The van der Waals surface area contributed by atoms with Gasteiger partial charge in [-0.3, -0.25) is 18.6 Å². The average molecular weight is 767 g/mol. The number of aliphatic hydroxyl groups excluding tert-OH is 3. The summed E-state index contributed by atoms with van der Waals surface area (Å²) >= 11 is 0. The van der Waals surface area contributed by atoms with Gasteiger partial charge in [-0.1, -0.05) is 162 Å². The smallest absolute Gasteiger partial charge is 0.462 e. The molecule has 12 heteroatoms. The fourth-order valence-electron chi connectivity index (χ4n) is 6.01. The minimum atomic E-state index is -4.62. The van der Waals surface area contributed by atoms with Crippen LogP contribution in [0.3, 0.4) is 0 Å². The third-order valence-electron chi connectivity index (χ3n) is 9.34. The van der Waals surface area contributed by atoms with Crippen molar-refractivity contribution in [3.8, 4) is 0 Å². The monoisotopic (exact) mass is 767 g/mol. The Bertz CT molecular complexity index is 859. The van der Waals surface area contributed by atoms with E-state index in [1.54, 1.807) is 0 Å². The van der Waals surface area contributed by atoms with E-state index < -0.39 is 51.8 Å². The summed E-state index contributed by atoms with van der Waals surface area (Å²) in [6.45, 7) is 2.29. The van der Waals surface area contributed by atoms with Crippen molar-refractivity contribution in [2.45, 2.75) is 218 Å². The first-order chi connectivity index (χ1) is 25.1. The van der Waals surface area contributed by atoms with E-state index in [2.05, 4.69) is 18.4 Å². The van der Waals surface area contributed by atoms with Crippen molar-refractivity contribution >= 4 is 19.8 Å². The molecule has 0 radical (unpaired) electrons. The van der Waals surface area contributed by atoms with Crippen LogP contribution in [0.2, 0.25) is 0 Å². The van der Waals surface area contributed by atoms with Gasteiger partial charge in [0.1, 0.15) is 12.7 Å². The van der Waals surface area contributed by atoms with Crippen molar-refractivity contribution in [2.75, 3.05) is 26.4 Å². The molecule has 0 rings (SSSR count). The Hall–Kier alpha value is -1.07. The highest BCUT2D eigenvalue weighted by molar-refractivity contribution is 7.47. The summed E-state index contributed by atoms with van der Waals surface area (Å²) < 4.78 is 32.6. The molecule has 0 aromatic rings. The van der Waals surface area contributed by atoms with Crippen molar-refractivity contribution in [3.05, 3.63) is 0 Å². The molecule has 0 amide bonds. The summed E-state index contributed by atoms with van der Waals surface area (Å²) in [5.41, 5.74) is 0. The second-order valence-electron chi connectivity index (χ2n) is 14.6. The van der Waals surface area contributed by atoms with Crippen LogP contribution in [-0.2, 0) is 32.7 Å². The summed E-state index contributed by atoms with van der Waals surface area (Å²) in [7, 11) is -4.62. The zero-order chi connectivity index (χ0) is 38.5. The molecule has 11 nitrogen and oxygen atoms in total.